The Hall–Kier alpha value is -2.95. The van der Waals surface area contributed by atoms with Crippen LogP contribution in [0.25, 0.3) is 0 Å². The van der Waals surface area contributed by atoms with E-state index >= 15 is 0 Å². The first-order chi connectivity index (χ1) is 13.0. The Morgan fingerprint density at radius 3 is 2.52 bits per heavy atom. The largest absolute Gasteiger partial charge is 0.326 e. The Morgan fingerprint density at radius 1 is 1.04 bits per heavy atom. The number of nitrogens with one attached hydrogen (secondary N) is 2. The summed E-state index contributed by atoms with van der Waals surface area (Å²) in [6.45, 7) is 4.00. The van der Waals surface area contributed by atoms with E-state index in [9.17, 15) is 9.59 Å². The van der Waals surface area contributed by atoms with Gasteiger partial charge in [0.2, 0.25) is 5.91 Å². The van der Waals surface area contributed by atoms with E-state index in [0.29, 0.717) is 23.6 Å². The first-order valence-corrected chi connectivity index (χ1v) is 9.38. The van der Waals surface area contributed by atoms with E-state index in [1.807, 2.05) is 32.0 Å². The summed E-state index contributed by atoms with van der Waals surface area (Å²) in [5, 5.41) is 7.19. The van der Waals surface area contributed by atoms with Crippen molar-refractivity contribution in [2.45, 2.75) is 39.5 Å². The van der Waals surface area contributed by atoms with Crippen LogP contribution in [0.2, 0.25) is 0 Å². The lowest BCUT2D eigenvalue weighted by atomic mass is 9.90. The summed E-state index contributed by atoms with van der Waals surface area (Å²) in [6, 6.07) is 15.0. The summed E-state index contributed by atoms with van der Waals surface area (Å²) < 4.78 is 0. The fourth-order valence-electron chi connectivity index (χ4n) is 3.19. The van der Waals surface area contributed by atoms with Crippen LogP contribution in [0.15, 0.2) is 53.6 Å². The molecule has 2 amide bonds. The number of amides is 2. The summed E-state index contributed by atoms with van der Waals surface area (Å²) in [5.41, 5.74) is 7.16. The van der Waals surface area contributed by atoms with Gasteiger partial charge in [-0.1, -0.05) is 38.1 Å². The second-order valence-electron chi connectivity index (χ2n) is 7.23. The number of nitrogens with zero attached hydrogens (tertiary/aromatic N) is 1. The van der Waals surface area contributed by atoms with Gasteiger partial charge in [0, 0.05) is 23.2 Å². The maximum Gasteiger partial charge on any atom is 0.271 e. The van der Waals surface area contributed by atoms with Gasteiger partial charge in [0.1, 0.15) is 0 Å². The minimum atomic E-state index is -0.259. The fraction of sp³-hybridized carbons (Fsp3) is 0.318. The van der Waals surface area contributed by atoms with E-state index in [0.717, 1.165) is 30.5 Å². The zero-order valence-electron chi connectivity index (χ0n) is 15.8. The van der Waals surface area contributed by atoms with Crippen molar-refractivity contribution in [3.05, 3.63) is 65.2 Å². The van der Waals surface area contributed by atoms with Gasteiger partial charge in [0.15, 0.2) is 0 Å². The molecule has 2 aromatic rings. The molecule has 0 saturated heterocycles. The van der Waals surface area contributed by atoms with Gasteiger partial charge in [-0.15, -0.1) is 0 Å². The predicted octanol–water partition coefficient (Wildman–Crippen LogP) is 4.14. The molecule has 2 aromatic carbocycles. The lowest BCUT2D eigenvalue weighted by molar-refractivity contribution is -0.116. The predicted molar refractivity (Wildman–Crippen MR) is 108 cm³/mol. The highest BCUT2D eigenvalue weighted by atomic mass is 16.2. The van der Waals surface area contributed by atoms with E-state index in [-0.39, 0.29) is 11.8 Å². The molecule has 0 spiro atoms. The van der Waals surface area contributed by atoms with Gasteiger partial charge >= 0.3 is 0 Å². The Labute approximate surface area is 159 Å². The number of hydrazone groups is 1. The van der Waals surface area contributed by atoms with E-state index in [4.69, 9.17) is 0 Å². The van der Waals surface area contributed by atoms with Crippen LogP contribution in [0.5, 0.6) is 0 Å². The molecule has 0 unspecified atom stereocenters. The monoisotopic (exact) mass is 363 g/mol. The molecule has 0 radical (unpaired) electrons. The summed E-state index contributed by atoms with van der Waals surface area (Å²) in [6.07, 6.45) is 3.42. The zero-order valence-corrected chi connectivity index (χ0v) is 15.8. The molecular weight excluding hydrogens is 338 g/mol. The summed E-state index contributed by atoms with van der Waals surface area (Å²) in [5.74, 6) is 0.0225. The highest BCUT2D eigenvalue weighted by Gasteiger charge is 2.15. The fourth-order valence-corrected chi connectivity index (χ4v) is 3.19. The summed E-state index contributed by atoms with van der Waals surface area (Å²) >= 11 is 0. The average molecular weight is 363 g/mol. The molecule has 0 aliphatic heterocycles. The molecule has 3 rings (SSSR count). The second kappa shape index (κ2) is 8.62. The third-order valence-electron chi connectivity index (χ3n) is 4.50. The van der Waals surface area contributed by atoms with Crippen LogP contribution >= 0.6 is 0 Å². The Morgan fingerprint density at radius 2 is 1.78 bits per heavy atom. The number of hydrogen-bond donors (Lipinski definition) is 2. The zero-order chi connectivity index (χ0) is 19.2. The van der Waals surface area contributed by atoms with Crippen LogP contribution in [0.4, 0.5) is 5.69 Å². The van der Waals surface area contributed by atoms with Crippen LogP contribution in [0.1, 0.15) is 54.6 Å². The van der Waals surface area contributed by atoms with Crippen molar-refractivity contribution in [2.75, 3.05) is 5.32 Å². The highest BCUT2D eigenvalue weighted by molar-refractivity contribution is 6.04. The highest BCUT2D eigenvalue weighted by Crippen LogP contribution is 2.21. The van der Waals surface area contributed by atoms with Crippen molar-refractivity contribution in [1.29, 1.82) is 0 Å². The van der Waals surface area contributed by atoms with Crippen molar-refractivity contribution >= 4 is 23.2 Å². The van der Waals surface area contributed by atoms with Crippen molar-refractivity contribution in [1.82, 2.24) is 5.43 Å². The molecule has 0 fully saturated rings. The molecule has 2 N–H and O–H groups in total. The Balaban J connectivity index is 1.63. The molecular formula is C22H25N3O2. The standard InChI is InChI=1S/C22H25N3O2/c1-15(2)14-21(26)23-18-12-10-17(11-13-18)22(27)25-24-20-9-5-7-16-6-3-4-8-19(16)20/h3-4,6,8,10-13,15H,5,7,9,14H2,1-2H3,(H,23,26)(H,25,27). The maximum absolute atomic E-state index is 12.4. The number of aryl methyl sites for hydroxylation is 1. The molecule has 0 bridgehead atoms. The minimum absolute atomic E-state index is 0.0236. The quantitative estimate of drug-likeness (QED) is 0.784. The normalized spacial score (nSPS) is 14.7. The van der Waals surface area contributed by atoms with Crippen LogP contribution in [0, 0.1) is 5.92 Å². The molecule has 1 aliphatic carbocycles. The molecule has 0 heterocycles. The Kier molecular flexibility index (Phi) is 6.01. The first kappa shape index (κ1) is 18.8. The average Bonchev–Trinajstić information content (AvgIpc) is 2.66. The molecule has 1 aliphatic rings. The van der Waals surface area contributed by atoms with Gasteiger partial charge in [-0.2, -0.15) is 5.10 Å². The van der Waals surface area contributed by atoms with Crippen LogP contribution in [0.3, 0.4) is 0 Å². The lowest BCUT2D eigenvalue weighted by Gasteiger charge is -2.17. The van der Waals surface area contributed by atoms with Crippen LogP contribution in [-0.2, 0) is 11.2 Å². The van der Waals surface area contributed by atoms with Gasteiger partial charge in [-0.05, 0) is 55.0 Å². The summed E-state index contributed by atoms with van der Waals surface area (Å²) in [4.78, 5) is 24.2. The maximum atomic E-state index is 12.4. The van der Waals surface area contributed by atoms with E-state index < -0.39 is 0 Å². The number of carbonyl (C=O) groups is 2. The van der Waals surface area contributed by atoms with Gasteiger partial charge in [-0.25, -0.2) is 5.43 Å². The van der Waals surface area contributed by atoms with E-state index in [1.54, 1.807) is 24.3 Å². The number of fused-ring (bicyclic) bond motifs is 1. The first-order valence-electron chi connectivity index (χ1n) is 9.38. The van der Waals surface area contributed by atoms with E-state index in [2.05, 4.69) is 21.9 Å². The number of benzene rings is 2. The molecule has 140 valence electrons. The van der Waals surface area contributed by atoms with Crippen LogP contribution < -0.4 is 10.7 Å². The van der Waals surface area contributed by atoms with Gasteiger partial charge in [-0.3, -0.25) is 9.59 Å². The molecule has 5 heteroatoms. The smallest absolute Gasteiger partial charge is 0.271 e. The number of carbonyl (C=O) groups excluding carboxylic acids is 2. The number of rotatable bonds is 5. The second-order valence-corrected chi connectivity index (χ2v) is 7.23. The summed E-state index contributed by atoms with van der Waals surface area (Å²) in [7, 11) is 0. The molecule has 0 atom stereocenters. The molecule has 27 heavy (non-hydrogen) atoms. The van der Waals surface area contributed by atoms with Crippen molar-refractivity contribution in [3.8, 4) is 0 Å². The topological polar surface area (TPSA) is 70.6 Å². The van der Waals surface area contributed by atoms with E-state index in [1.165, 1.54) is 5.56 Å². The van der Waals surface area contributed by atoms with Crippen molar-refractivity contribution in [2.24, 2.45) is 11.0 Å². The minimum Gasteiger partial charge on any atom is -0.326 e. The Bertz CT molecular complexity index is 854. The van der Waals surface area contributed by atoms with Crippen molar-refractivity contribution in [3.63, 3.8) is 0 Å². The molecule has 0 aromatic heterocycles. The number of hydrogen-bond acceptors (Lipinski definition) is 3. The van der Waals surface area contributed by atoms with Gasteiger partial charge in [0.05, 0.1) is 5.71 Å². The lowest BCUT2D eigenvalue weighted by Crippen LogP contribution is -2.22. The SMILES string of the molecule is CC(C)CC(=O)Nc1ccc(C(=O)NN=C2CCCc3ccccc32)cc1. The van der Waals surface area contributed by atoms with Gasteiger partial charge < -0.3 is 5.32 Å². The van der Waals surface area contributed by atoms with Gasteiger partial charge in [0.25, 0.3) is 5.91 Å². The third-order valence-corrected chi connectivity index (χ3v) is 4.50. The molecule has 0 saturated carbocycles. The molecule has 5 nitrogen and oxygen atoms in total. The number of anilines is 1. The third kappa shape index (κ3) is 5.03. The van der Waals surface area contributed by atoms with Crippen molar-refractivity contribution < 1.29 is 9.59 Å². The van der Waals surface area contributed by atoms with Crippen LogP contribution in [-0.4, -0.2) is 17.5 Å².